The summed E-state index contributed by atoms with van der Waals surface area (Å²) in [4.78, 5) is 2.69. The Morgan fingerprint density at radius 2 is 1.81 bits per heavy atom. The fraction of sp³-hybridized carbons (Fsp3) is 0.667. The molecular formula is C18H30BrNO. The third kappa shape index (κ3) is 5.00. The first-order chi connectivity index (χ1) is 9.76. The molecule has 0 fully saturated rings. The minimum atomic E-state index is 0. The van der Waals surface area contributed by atoms with E-state index in [1.807, 2.05) is 12.1 Å². The first-order valence-electron chi connectivity index (χ1n) is 8.30. The summed E-state index contributed by atoms with van der Waals surface area (Å²) in [6.45, 7) is 7.00. The Bertz CT molecular complexity index is 414. The summed E-state index contributed by atoms with van der Waals surface area (Å²) in [6, 6.07) is 6.67. The number of phenols is 1. The van der Waals surface area contributed by atoms with Gasteiger partial charge in [0.1, 0.15) is 5.75 Å². The SMILES string of the molecule is Br.CCCCN(CCCC)C1CCc2c(O)cccc2C1. The average molecular weight is 356 g/mol. The van der Waals surface area contributed by atoms with E-state index in [-0.39, 0.29) is 17.0 Å². The zero-order chi connectivity index (χ0) is 14.4. The summed E-state index contributed by atoms with van der Waals surface area (Å²) in [7, 11) is 0. The molecule has 0 bridgehead atoms. The van der Waals surface area contributed by atoms with Crippen molar-refractivity contribution in [1.82, 2.24) is 4.90 Å². The van der Waals surface area contributed by atoms with Gasteiger partial charge in [0.2, 0.25) is 0 Å². The molecule has 120 valence electrons. The van der Waals surface area contributed by atoms with Crippen LogP contribution in [0.4, 0.5) is 0 Å². The predicted molar refractivity (Wildman–Crippen MR) is 95.6 cm³/mol. The number of phenolic OH excluding ortho intramolecular Hbond substituents is 1. The Balaban J connectivity index is 0.00000220. The van der Waals surface area contributed by atoms with E-state index in [0.717, 1.165) is 12.8 Å². The standard InChI is InChI=1S/C18H29NO.BrH/c1-3-5-12-19(13-6-4-2)16-10-11-17-15(14-16)8-7-9-18(17)20;/h7-9,16,20H,3-6,10-14H2,1-2H3;1H. The molecule has 2 nitrogen and oxygen atoms in total. The molecule has 1 aliphatic carbocycles. The lowest BCUT2D eigenvalue weighted by Gasteiger charge is -2.35. The Morgan fingerprint density at radius 1 is 1.14 bits per heavy atom. The van der Waals surface area contributed by atoms with Gasteiger partial charge in [-0.1, -0.05) is 38.8 Å². The Labute approximate surface area is 140 Å². The predicted octanol–water partition coefficient (Wildman–Crippen LogP) is 4.73. The number of hydrogen-bond donors (Lipinski definition) is 1. The minimum Gasteiger partial charge on any atom is -0.508 e. The minimum absolute atomic E-state index is 0. The fourth-order valence-corrected chi connectivity index (χ4v) is 3.28. The lowest BCUT2D eigenvalue weighted by Crippen LogP contribution is -2.40. The van der Waals surface area contributed by atoms with Crippen molar-refractivity contribution >= 4 is 17.0 Å². The molecule has 0 aromatic heterocycles. The number of hydrogen-bond acceptors (Lipinski definition) is 2. The zero-order valence-electron chi connectivity index (χ0n) is 13.5. The van der Waals surface area contributed by atoms with E-state index in [9.17, 15) is 5.11 Å². The van der Waals surface area contributed by atoms with Gasteiger partial charge in [-0.3, -0.25) is 0 Å². The van der Waals surface area contributed by atoms with Gasteiger partial charge >= 0.3 is 0 Å². The molecule has 1 atom stereocenters. The summed E-state index contributed by atoms with van der Waals surface area (Å²) in [5.41, 5.74) is 2.55. The van der Waals surface area contributed by atoms with E-state index in [1.54, 1.807) is 0 Å². The van der Waals surface area contributed by atoms with E-state index in [4.69, 9.17) is 0 Å². The molecule has 3 heteroatoms. The Kier molecular flexibility index (Phi) is 8.35. The van der Waals surface area contributed by atoms with Crippen molar-refractivity contribution in [2.75, 3.05) is 13.1 Å². The molecule has 1 aromatic carbocycles. The first kappa shape index (κ1) is 18.5. The molecular weight excluding hydrogens is 326 g/mol. The highest BCUT2D eigenvalue weighted by molar-refractivity contribution is 8.93. The lowest BCUT2D eigenvalue weighted by molar-refractivity contribution is 0.174. The molecule has 2 rings (SSSR count). The molecule has 0 radical (unpaired) electrons. The molecule has 0 saturated heterocycles. The van der Waals surface area contributed by atoms with Crippen molar-refractivity contribution in [2.45, 2.75) is 64.8 Å². The number of unbranched alkanes of at least 4 members (excludes halogenated alkanes) is 2. The maximum Gasteiger partial charge on any atom is 0.119 e. The van der Waals surface area contributed by atoms with Crippen LogP contribution in [0.2, 0.25) is 0 Å². The summed E-state index contributed by atoms with van der Waals surface area (Å²) in [5.74, 6) is 0.495. The Morgan fingerprint density at radius 3 is 2.43 bits per heavy atom. The zero-order valence-corrected chi connectivity index (χ0v) is 15.2. The van der Waals surface area contributed by atoms with E-state index in [0.29, 0.717) is 11.8 Å². The van der Waals surface area contributed by atoms with Gasteiger partial charge in [0.05, 0.1) is 0 Å². The van der Waals surface area contributed by atoms with Crippen molar-refractivity contribution in [2.24, 2.45) is 0 Å². The van der Waals surface area contributed by atoms with Crippen LogP contribution < -0.4 is 0 Å². The van der Waals surface area contributed by atoms with Gasteiger partial charge in [-0.2, -0.15) is 0 Å². The van der Waals surface area contributed by atoms with Crippen LogP contribution in [0.3, 0.4) is 0 Å². The molecule has 1 unspecified atom stereocenters. The van der Waals surface area contributed by atoms with Crippen LogP contribution in [0.15, 0.2) is 18.2 Å². The normalized spacial score (nSPS) is 17.4. The van der Waals surface area contributed by atoms with Gasteiger partial charge in [-0.15, -0.1) is 17.0 Å². The van der Waals surface area contributed by atoms with Crippen LogP contribution >= 0.6 is 17.0 Å². The summed E-state index contributed by atoms with van der Waals surface area (Å²) in [5, 5.41) is 9.95. The highest BCUT2D eigenvalue weighted by Crippen LogP contribution is 2.30. The highest BCUT2D eigenvalue weighted by atomic mass is 79.9. The number of benzene rings is 1. The fourth-order valence-electron chi connectivity index (χ4n) is 3.28. The van der Waals surface area contributed by atoms with E-state index >= 15 is 0 Å². The van der Waals surface area contributed by atoms with Crippen LogP contribution in [0.5, 0.6) is 5.75 Å². The first-order valence-corrected chi connectivity index (χ1v) is 8.30. The van der Waals surface area contributed by atoms with Gasteiger partial charge in [0.25, 0.3) is 0 Å². The highest BCUT2D eigenvalue weighted by Gasteiger charge is 2.24. The number of nitrogens with zero attached hydrogens (tertiary/aromatic N) is 1. The van der Waals surface area contributed by atoms with E-state index in [2.05, 4.69) is 24.8 Å². The van der Waals surface area contributed by atoms with Gasteiger partial charge < -0.3 is 10.0 Å². The quantitative estimate of drug-likeness (QED) is 0.764. The van der Waals surface area contributed by atoms with Crippen LogP contribution in [-0.4, -0.2) is 29.1 Å². The molecule has 0 spiro atoms. The molecule has 1 N–H and O–H groups in total. The number of aromatic hydroxyl groups is 1. The second kappa shape index (κ2) is 9.47. The third-order valence-corrected chi connectivity index (χ3v) is 4.55. The topological polar surface area (TPSA) is 23.5 Å². The van der Waals surface area contributed by atoms with Crippen molar-refractivity contribution < 1.29 is 5.11 Å². The number of fused-ring (bicyclic) bond motifs is 1. The summed E-state index contributed by atoms with van der Waals surface area (Å²) >= 11 is 0. The molecule has 1 aliphatic rings. The van der Waals surface area contributed by atoms with Crippen LogP contribution in [0, 0.1) is 0 Å². The van der Waals surface area contributed by atoms with Crippen LogP contribution in [0.25, 0.3) is 0 Å². The average Bonchev–Trinajstić information content (AvgIpc) is 2.47. The molecule has 0 amide bonds. The summed E-state index contributed by atoms with van der Waals surface area (Å²) in [6.07, 6.45) is 8.47. The second-order valence-corrected chi connectivity index (χ2v) is 6.05. The third-order valence-electron chi connectivity index (χ3n) is 4.55. The van der Waals surface area contributed by atoms with Gasteiger partial charge in [0, 0.05) is 6.04 Å². The van der Waals surface area contributed by atoms with Gasteiger partial charge in [-0.05, 0) is 62.4 Å². The molecule has 0 saturated carbocycles. The monoisotopic (exact) mass is 355 g/mol. The molecule has 21 heavy (non-hydrogen) atoms. The van der Waals surface area contributed by atoms with E-state index in [1.165, 1.54) is 56.3 Å². The van der Waals surface area contributed by atoms with Gasteiger partial charge in [0.15, 0.2) is 0 Å². The maximum absolute atomic E-state index is 9.95. The van der Waals surface area contributed by atoms with Crippen molar-refractivity contribution in [3.05, 3.63) is 29.3 Å². The summed E-state index contributed by atoms with van der Waals surface area (Å²) < 4.78 is 0. The van der Waals surface area contributed by atoms with Crippen LogP contribution in [-0.2, 0) is 12.8 Å². The molecule has 0 heterocycles. The molecule has 1 aromatic rings. The lowest BCUT2D eigenvalue weighted by atomic mass is 9.86. The Hall–Kier alpha value is -0.540. The van der Waals surface area contributed by atoms with Crippen molar-refractivity contribution in [3.63, 3.8) is 0 Å². The van der Waals surface area contributed by atoms with E-state index < -0.39 is 0 Å². The largest absolute Gasteiger partial charge is 0.508 e. The number of halogens is 1. The smallest absolute Gasteiger partial charge is 0.119 e. The second-order valence-electron chi connectivity index (χ2n) is 6.05. The number of rotatable bonds is 7. The van der Waals surface area contributed by atoms with Crippen molar-refractivity contribution in [1.29, 1.82) is 0 Å². The molecule has 0 aliphatic heterocycles. The van der Waals surface area contributed by atoms with Crippen LogP contribution in [0.1, 0.15) is 57.1 Å². The maximum atomic E-state index is 9.95. The van der Waals surface area contributed by atoms with Gasteiger partial charge in [-0.25, -0.2) is 0 Å². The van der Waals surface area contributed by atoms with Crippen molar-refractivity contribution in [3.8, 4) is 5.75 Å².